The van der Waals surface area contributed by atoms with Gasteiger partial charge < -0.3 is 11.1 Å². The summed E-state index contributed by atoms with van der Waals surface area (Å²) >= 11 is 2.83. The number of rotatable bonds is 5. The number of carbonyl (C=O) groups excluding carboxylic acids is 2. The van der Waals surface area contributed by atoms with Crippen molar-refractivity contribution >= 4 is 39.9 Å². The predicted molar refractivity (Wildman–Crippen MR) is 100 cm³/mol. The fourth-order valence-electron chi connectivity index (χ4n) is 2.97. The van der Waals surface area contributed by atoms with Crippen molar-refractivity contribution in [2.75, 3.05) is 11.1 Å². The van der Waals surface area contributed by atoms with Crippen molar-refractivity contribution in [1.29, 1.82) is 0 Å². The van der Waals surface area contributed by atoms with Crippen molar-refractivity contribution in [3.05, 3.63) is 33.6 Å². The van der Waals surface area contributed by atoms with Gasteiger partial charge in [0.1, 0.15) is 15.9 Å². The van der Waals surface area contributed by atoms with Crippen molar-refractivity contribution in [3.63, 3.8) is 0 Å². The number of thioether (sulfide) groups is 1. The Morgan fingerprint density at radius 1 is 1.28 bits per heavy atom. The lowest BCUT2D eigenvalue weighted by Crippen LogP contribution is -2.19. The monoisotopic (exact) mass is 376 g/mol. The molecule has 0 aliphatic heterocycles. The number of anilines is 1. The fraction of sp³-hybridized carbons (Fsp3) is 0.412. The molecule has 8 heteroatoms. The number of fused-ring (bicyclic) bond motifs is 1. The number of carbonyl (C=O) groups is 2. The molecule has 0 spiro atoms. The third kappa shape index (κ3) is 4.19. The predicted octanol–water partition coefficient (Wildman–Crippen LogP) is 2.86. The molecule has 1 aliphatic carbocycles. The molecule has 25 heavy (non-hydrogen) atoms. The fourth-order valence-corrected chi connectivity index (χ4v) is 5.09. The van der Waals surface area contributed by atoms with E-state index in [-0.39, 0.29) is 11.7 Å². The Morgan fingerprint density at radius 3 is 2.76 bits per heavy atom. The minimum absolute atomic E-state index is 0.167. The second kappa shape index (κ2) is 7.53. The van der Waals surface area contributed by atoms with Gasteiger partial charge in [-0.2, -0.15) is 0 Å². The molecule has 0 saturated carbocycles. The van der Waals surface area contributed by atoms with E-state index >= 15 is 0 Å². The van der Waals surface area contributed by atoms with Crippen molar-refractivity contribution in [2.45, 2.75) is 44.6 Å². The van der Waals surface area contributed by atoms with Crippen molar-refractivity contribution in [3.8, 4) is 0 Å². The van der Waals surface area contributed by atoms with E-state index in [9.17, 15) is 9.59 Å². The lowest BCUT2D eigenvalue weighted by Gasteiger charge is -2.11. The molecule has 0 fully saturated rings. The maximum absolute atomic E-state index is 12.3. The molecule has 132 valence electrons. The van der Waals surface area contributed by atoms with Crippen LogP contribution in [0.5, 0.6) is 0 Å². The first kappa shape index (κ1) is 17.9. The molecule has 3 N–H and O–H groups in total. The van der Waals surface area contributed by atoms with Crippen molar-refractivity contribution in [2.24, 2.45) is 5.73 Å². The molecular formula is C17H20N4O2S2. The van der Waals surface area contributed by atoms with Crippen LogP contribution in [0, 0.1) is 13.8 Å². The molecule has 2 heterocycles. The quantitative estimate of drug-likeness (QED) is 0.618. The Kier molecular flexibility index (Phi) is 5.39. The Labute approximate surface area is 154 Å². The summed E-state index contributed by atoms with van der Waals surface area (Å²) in [6, 6.07) is 1.85. The van der Waals surface area contributed by atoms with Gasteiger partial charge in [-0.25, -0.2) is 9.97 Å². The largest absolute Gasteiger partial charge is 0.365 e. The molecule has 0 bridgehead atoms. The normalized spacial score (nSPS) is 13.4. The Morgan fingerprint density at radius 2 is 2.04 bits per heavy atom. The van der Waals surface area contributed by atoms with Crippen molar-refractivity contribution in [1.82, 2.24) is 9.97 Å². The molecule has 3 rings (SSSR count). The maximum atomic E-state index is 12.3. The minimum Gasteiger partial charge on any atom is -0.365 e. The van der Waals surface area contributed by atoms with Crippen LogP contribution >= 0.6 is 23.1 Å². The highest BCUT2D eigenvalue weighted by Crippen LogP contribution is 2.38. The first-order valence-electron chi connectivity index (χ1n) is 8.13. The van der Waals surface area contributed by atoms with Gasteiger partial charge in [0, 0.05) is 10.6 Å². The van der Waals surface area contributed by atoms with Crippen LogP contribution in [-0.2, 0) is 17.6 Å². The van der Waals surface area contributed by atoms with Gasteiger partial charge >= 0.3 is 0 Å². The number of aromatic nitrogens is 2. The summed E-state index contributed by atoms with van der Waals surface area (Å²) < 4.78 is 0. The lowest BCUT2D eigenvalue weighted by atomic mass is 9.95. The number of nitrogens with zero attached hydrogens (tertiary/aromatic N) is 2. The molecular weight excluding hydrogens is 356 g/mol. The second-order valence-corrected chi connectivity index (χ2v) is 8.11. The second-order valence-electron chi connectivity index (χ2n) is 6.01. The zero-order chi connectivity index (χ0) is 18.0. The lowest BCUT2D eigenvalue weighted by molar-refractivity contribution is -0.113. The van der Waals surface area contributed by atoms with Gasteiger partial charge in [-0.15, -0.1) is 11.3 Å². The van der Waals surface area contributed by atoms with Gasteiger partial charge in [0.2, 0.25) is 5.91 Å². The van der Waals surface area contributed by atoms with E-state index in [0.717, 1.165) is 42.0 Å². The number of nitrogens with two attached hydrogens (primary N) is 1. The zero-order valence-corrected chi connectivity index (χ0v) is 15.9. The van der Waals surface area contributed by atoms with E-state index < -0.39 is 5.91 Å². The molecule has 2 aromatic rings. The highest BCUT2D eigenvalue weighted by atomic mass is 32.2. The Balaban J connectivity index is 1.70. The number of hydrogen-bond acceptors (Lipinski definition) is 6. The average molecular weight is 377 g/mol. The molecule has 2 aromatic heterocycles. The standard InChI is InChI=1S/C17H20N4O2S2/c1-9-7-14(20-10(2)19-9)24-8-13(22)21-17-15(16(18)23)11-5-3-4-6-12(11)25-17/h7H,3-6,8H2,1-2H3,(H2,18,23)(H,21,22). The van der Waals surface area contributed by atoms with Crippen LogP contribution < -0.4 is 11.1 Å². The average Bonchev–Trinajstić information content (AvgIpc) is 2.90. The van der Waals surface area contributed by atoms with Crippen molar-refractivity contribution < 1.29 is 9.59 Å². The maximum Gasteiger partial charge on any atom is 0.251 e. The number of hydrogen-bond donors (Lipinski definition) is 2. The van der Waals surface area contributed by atoms with E-state index in [0.29, 0.717) is 16.4 Å². The summed E-state index contributed by atoms with van der Waals surface area (Å²) in [6.07, 6.45) is 3.97. The van der Waals surface area contributed by atoms with Gasteiger partial charge in [0.25, 0.3) is 5.91 Å². The van der Waals surface area contributed by atoms with Gasteiger partial charge in [-0.3, -0.25) is 9.59 Å². The van der Waals surface area contributed by atoms with Crippen LogP contribution in [0.25, 0.3) is 0 Å². The van der Waals surface area contributed by atoms with E-state index in [1.807, 2.05) is 19.9 Å². The summed E-state index contributed by atoms with van der Waals surface area (Å²) in [7, 11) is 0. The summed E-state index contributed by atoms with van der Waals surface area (Å²) in [5.74, 6) is 0.269. The van der Waals surface area contributed by atoms with Crippen LogP contribution in [0.1, 0.15) is 45.2 Å². The van der Waals surface area contributed by atoms with Crippen LogP contribution in [0.4, 0.5) is 5.00 Å². The topological polar surface area (TPSA) is 98.0 Å². The molecule has 6 nitrogen and oxygen atoms in total. The Bertz CT molecular complexity index is 812. The molecule has 0 aromatic carbocycles. The van der Waals surface area contributed by atoms with Gasteiger partial charge in [0.15, 0.2) is 0 Å². The Hall–Kier alpha value is -1.93. The van der Waals surface area contributed by atoms with Crippen LogP contribution in [0.2, 0.25) is 0 Å². The zero-order valence-electron chi connectivity index (χ0n) is 14.2. The highest BCUT2D eigenvalue weighted by molar-refractivity contribution is 7.99. The van der Waals surface area contributed by atoms with E-state index in [1.54, 1.807) is 0 Å². The van der Waals surface area contributed by atoms with E-state index in [2.05, 4.69) is 15.3 Å². The van der Waals surface area contributed by atoms with Gasteiger partial charge in [-0.05, 0) is 51.2 Å². The molecule has 0 unspecified atom stereocenters. The first-order valence-corrected chi connectivity index (χ1v) is 9.93. The summed E-state index contributed by atoms with van der Waals surface area (Å²) in [6.45, 7) is 3.72. The van der Waals surface area contributed by atoms with Gasteiger partial charge in [-0.1, -0.05) is 11.8 Å². The van der Waals surface area contributed by atoms with Crippen LogP contribution in [0.15, 0.2) is 11.1 Å². The smallest absolute Gasteiger partial charge is 0.251 e. The number of thiophene rings is 1. The number of aryl methyl sites for hydroxylation is 3. The molecule has 0 atom stereocenters. The first-order chi connectivity index (χ1) is 11.9. The summed E-state index contributed by atoms with van der Waals surface area (Å²) in [5.41, 5.74) is 7.94. The summed E-state index contributed by atoms with van der Waals surface area (Å²) in [5, 5.41) is 4.21. The third-order valence-corrected chi connectivity index (χ3v) is 6.08. The molecule has 1 aliphatic rings. The third-order valence-electron chi connectivity index (χ3n) is 3.96. The minimum atomic E-state index is -0.468. The van der Waals surface area contributed by atoms with Crippen LogP contribution in [-0.4, -0.2) is 27.5 Å². The number of nitrogens with one attached hydrogen (secondary N) is 1. The SMILES string of the molecule is Cc1cc(SCC(=O)Nc2sc3c(c2C(N)=O)CCCC3)nc(C)n1. The number of amides is 2. The summed E-state index contributed by atoms with van der Waals surface area (Å²) in [4.78, 5) is 33.9. The molecule has 2 amide bonds. The highest BCUT2D eigenvalue weighted by Gasteiger charge is 2.24. The van der Waals surface area contributed by atoms with E-state index in [1.165, 1.54) is 28.0 Å². The molecule has 0 radical (unpaired) electrons. The van der Waals surface area contributed by atoms with E-state index in [4.69, 9.17) is 5.73 Å². The van der Waals surface area contributed by atoms with Crippen LogP contribution in [0.3, 0.4) is 0 Å². The molecule has 0 saturated heterocycles. The van der Waals surface area contributed by atoms with Gasteiger partial charge in [0.05, 0.1) is 11.3 Å². The number of primary amides is 1.